The smallest absolute Gasteiger partial charge is 0.269 e. The quantitative estimate of drug-likeness (QED) is 0.497. The first kappa shape index (κ1) is 15.5. The molecule has 122 valence electrons. The number of rotatable bonds is 2. The number of thiocarbonyl (C=S) groups is 1. The van der Waals surface area contributed by atoms with Gasteiger partial charge in [0.2, 0.25) is 0 Å². The second kappa shape index (κ2) is 6.45. The average molecular weight is 345 g/mol. The molecular weight excluding hydrogens is 330 g/mol. The minimum absolute atomic E-state index is 0.374. The van der Waals surface area contributed by atoms with E-state index in [0.717, 1.165) is 22.1 Å². The molecule has 4 aromatic rings. The van der Waals surface area contributed by atoms with E-state index in [9.17, 15) is 0 Å². The monoisotopic (exact) mass is 345 g/mol. The fourth-order valence-electron chi connectivity index (χ4n) is 2.67. The van der Waals surface area contributed by atoms with E-state index in [0.29, 0.717) is 10.9 Å². The van der Waals surface area contributed by atoms with E-state index in [2.05, 4.69) is 34.2 Å². The third kappa shape index (κ3) is 3.14. The van der Waals surface area contributed by atoms with Crippen LogP contribution in [0.25, 0.3) is 21.8 Å². The van der Waals surface area contributed by atoms with E-state index < -0.39 is 0 Å². The van der Waals surface area contributed by atoms with Crippen molar-refractivity contribution in [1.82, 2.24) is 9.97 Å². The largest absolute Gasteiger partial charge is 0.431 e. The molecule has 0 fully saturated rings. The fraction of sp³-hybridized carbons (Fsp3) is 0.0500. The van der Waals surface area contributed by atoms with Gasteiger partial charge in [-0.25, -0.2) is 0 Å². The fourth-order valence-corrected chi connectivity index (χ4v) is 2.87. The molecule has 0 radical (unpaired) electrons. The summed E-state index contributed by atoms with van der Waals surface area (Å²) >= 11 is 5.45. The molecule has 4 rings (SSSR count). The van der Waals surface area contributed by atoms with Crippen LogP contribution >= 0.6 is 12.2 Å². The average Bonchev–Trinajstić information content (AvgIpc) is 2.67. The normalized spacial score (nSPS) is 10.8. The first-order valence-electron chi connectivity index (χ1n) is 7.86. The van der Waals surface area contributed by atoms with Crippen LogP contribution in [-0.2, 0) is 0 Å². The maximum atomic E-state index is 5.84. The first-order valence-corrected chi connectivity index (χ1v) is 8.27. The summed E-state index contributed by atoms with van der Waals surface area (Å²) in [5, 5.41) is 2.73. The zero-order chi connectivity index (χ0) is 17.2. The van der Waals surface area contributed by atoms with Crippen molar-refractivity contribution in [2.45, 2.75) is 0 Å². The van der Waals surface area contributed by atoms with Gasteiger partial charge in [0.1, 0.15) is 5.75 Å². The highest BCUT2D eigenvalue weighted by Crippen LogP contribution is 2.23. The van der Waals surface area contributed by atoms with E-state index in [4.69, 9.17) is 17.0 Å². The van der Waals surface area contributed by atoms with Gasteiger partial charge in [-0.15, -0.1) is 0 Å². The molecule has 0 spiro atoms. The zero-order valence-corrected chi connectivity index (χ0v) is 14.4. The van der Waals surface area contributed by atoms with Crippen molar-refractivity contribution in [3.05, 3.63) is 73.1 Å². The lowest BCUT2D eigenvalue weighted by atomic mass is 10.1. The van der Waals surface area contributed by atoms with Gasteiger partial charge in [-0.1, -0.05) is 30.3 Å². The molecule has 1 heterocycles. The molecule has 1 aromatic heterocycles. The first-order chi connectivity index (χ1) is 12.2. The number of benzene rings is 3. The number of nitrogens with zero attached hydrogens (tertiary/aromatic N) is 3. The van der Waals surface area contributed by atoms with Crippen molar-refractivity contribution in [3.63, 3.8) is 0 Å². The van der Waals surface area contributed by atoms with E-state index in [1.54, 1.807) is 12.4 Å². The van der Waals surface area contributed by atoms with E-state index in [1.807, 2.05) is 48.3 Å². The zero-order valence-electron chi connectivity index (χ0n) is 13.6. The molecule has 0 N–H and O–H groups in total. The van der Waals surface area contributed by atoms with Gasteiger partial charge < -0.3 is 9.64 Å². The Morgan fingerprint density at radius 2 is 1.64 bits per heavy atom. The van der Waals surface area contributed by atoms with Crippen LogP contribution < -0.4 is 9.64 Å². The number of fused-ring (bicyclic) bond motifs is 2. The van der Waals surface area contributed by atoms with Crippen LogP contribution in [0.4, 0.5) is 5.69 Å². The van der Waals surface area contributed by atoms with Crippen molar-refractivity contribution < 1.29 is 4.74 Å². The van der Waals surface area contributed by atoms with Crippen LogP contribution in [0.2, 0.25) is 0 Å². The minimum Gasteiger partial charge on any atom is -0.431 e. The van der Waals surface area contributed by atoms with Crippen LogP contribution in [0.3, 0.4) is 0 Å². The van der Waals surface area contributed by atoms with Crippen LogP contribution in [-0.4, -0.2) is 22.2 Å². The van der Waals surface area contributed by atoms with Gasteiger partial charge in [-0.05, 0) is 47.3 Å². The van der Waals surface area contributed by atoms with Gasteiger partial charge in [0.05, 0.1) is 11.0 Å². The molecule has 0 aliphatic carbocycles. The number of aromatic nitrogens is 2. The third-order valence-electron chi connectivity index (χ3n) is 4.04. The molecule has 0 saturated heterocycles. The van der Waals surface area contributed by atoms with Gasteiger partial charge in [-0.3, -0.25) is 9.97 Å². The molecule has 4 nitrogen and oxygen atoms in total. The molecule has 0 bridgehead atoms. The lowest BCUT2D eigenvalue weighted by molar-refractivity contribution is 0.553. The van der Waals surface area contributed by atoms with Gasteiger partial charge in [-0.2, -0.15) is 0 Å². The summed E-state index contributed by atoms with van der Waals surface area (Å²) in [5.41, 5.74) is 2.57. The Morgan fingerprint density at radius 3 is 2.48 bits per heavy atom. The highest BCUT2D eigenvalue weighted by atomic mass is 32.1. The van der Waals surface area contributed by atoms with Gasteiger partial charge in [0.15, 0.2) is 0 Å². The van der Waals surface area contributed by atoms with Crippen molar-refractivity contribution in [3.8, 4) is 5.75 Å². The lowest BCUT2D eigenvalue weighted by Gasteiger charge is -2.20. The summed E-state index contributed by atoms with van der Waals surface area (Å²) in [5.74, 6) is 0.644. The van der Waals surface area contributed by atoms with Crippen LogP contribution in [0.15, 0.2) is 73.1 Å². The van der Waals surface area contributed by atoms with Gasteiger partial charge in [0, 0.05) is 31.2 Å². The predicted octanol–water partition coefficient (Wildman–Crippen LogP) is 4.58. The Balaban J connectivity index is 1.57. The predicted molar refractivity (Wildman–Crippen MR) is 105 cm³/mol. The van der Waals surface area contributed by atoms with Crippen molar-refractivity contribution in [1.29, 1.82) is 0 Å². The molecule has 0 saturated carbocycles. The highest BCUT2D eigenvalue weighted by molar-refractivity contribution is 7.80. The van der Waals surface area contributed by atoms with Gasteiger partial charge >= 0.3 is 0 Å². The number of ether oxygens (including phenoxy) is 1. The van der Waals surface area contributed by atoms with Crippen LogP contribution in [0.5, 0.6) is 5.75 Å². The third-order valence-corrected chi connectivity index (χ3v) is 4.40. The molecule has 0 atom stereocenters. The molecule has 0 aliphatic rings. The summed E-state index contributed by atoms with van der Waals surface area (Å²) in [7, 11) is 1.90. The lowest BCUT2D eigenvalue weighted by Crippen LogP contribution is -2.29. The maximum Gasteiger partial charge on any atom is 0.269 e. The molecule has 0 unspecified atom stereocenters. The van der Waals surface area contributed by atoms with Crippen molar-refractivity contribution >= 4 is 44.9 Å². The summed E-state index contributed by atoms with van der Waals surface area (Å²) in [6.45, 7) is 0. The minimum atomic E-state index is 0.374. The molecule has 5 heteroatoms. The van der Waals surface area contributed by atoms with Gasteiger partial charge in [0.25, 0.3) is 5.17 Å². The topological polar surface area (TPSA) is 38.2 Å². The molecular formula is C20H15N3OS. The highest BCUT2D eigenvalue weighted by Gasteiger charge is 2.10. The molecule has 25 heavy (non-hydrogen) atoms. The second-order valence-electron chi connectivity index (χ2n) is 5.67. The Labute approximate surface area is 150 Å². The summed E-state index contributed by atoms with van der Waals surface area (Å²) in [6.07, 6.45) is 3.33. The second-order valence-corrected chi connectivity index (χ2v) is 6.01. The maximum absolute atomic E-state index is 5.84. The van der Waals surface area contributed by atoms with Crippen molar-refractivity contribution in [2.75, 3.05) is 11.9 Å². The Morgan fingerprint density at radius 1 is 0.880 bits per heavy atom. The number of hydrogen-bond acceptors (Lipinski definition) is 4. The Hall–Kier alpha value is -3.05. The number of anilines is 1. The standard InChI is InChI=1S/C20H15N3OS/c1-23(16-7-6-14-4-2-3-5-15(14)12-16)20(25)24-17-8-9-18-19(13-17)22-11-10-21-18/h2-13H,1H3. The van der Waals surface area contributed by atoms with E-state index in [-0.39, 0.29) is 0 Å². The summed E-state index contributed by atoms with van der Waals surface area (Å²) in [6, 6.07) is 20.0. The van der Waals surface area contributed by atoms with E-state index >= 15 is 0 Å². The van der Waals surface area contributed by atoms with Crippen LogP contribution in [0, 0.1) is 0 Å². The Bertz CT molecular complexity index is 1080. The van der Waals surface area contributed by atoms with Crippen molar-refractivity contribution in [2.24, 2.45) is 0 Å². The molecule has 0 amide bonds. The Kier molecular flexibility index (Phi) is 3.99. The molecule has 3 aromatic carbocycles. The van der Waals surface area contributed by atoms with E-state index in [1.165, 1.54) is 5.39 Å². The van der Waals surface area contributed by atoms with Crippen LogP contribution in [0.1, 0.15) is 0 Å². The SMILES string of the molecule is CN(C(=S)Oc1ccc2nccnc2c1)c1ccc2ccccc2c1. The molecule has 0 aliphatic heterocycles. The summed E-state index contributed by atoms with van der Waals surface area (Å²) in [4.78, 5) is 10.4. The summed E-state index contributed by atoms with van der Waals surface area (Å²) < 4.78 is 5.84. The number of hydrogen-bond donors (Lipinski definition) is 0.